The molecule has 0 radical (unpaired) electrons. The minimum atomic E-state index is -0.557. The summed E-state index contributed by atoms with van der Waals surface area (Å²) in [4.78, 5) is 20.0. The maximum atomic E-state index is 13.7. The Bertz CT molecular complexity index is 1500. The zero-order chi connectivity index (χ0) is 25.9. The summed E-state index contributed by atoms with van der Waals surface area (Å²) in [6.07, 6.45) is 3.66. The number of pyridine rings is 1. The summed E-state index contributed by atoms with van der Waals surface area (Å²) >= 11 is 1.66. The van der Waals surface area contributed by atoms with Crippen LogP contribution < -0.4 is 10.3 Å². The maximum absolute atomic E-state index is 13.7. The predicted molar refractivity (Wildman–Crippen MR) is 142 cm³/mol. The summed E-state index contributed by atoms with van der Waals surface area (Å²) in [5, 5.41) is 15.7. The molecule has 5 heterocycles. The average Bonchev–Trinajstić information content (AvgIpc) is 3.74. The maximum Gasteiger partial charge on any atom is 0.253 e. The highest BCUT2D eigenvalue weighted by atomic mass is 32.1. The van der Waals surface area contributed by atoms with Crippen molar-refractivity contribution in [3.63, 3.8) is 0 Å². The van der Waals surface area contributed by atoms with Gasteiger partial charge in [0.1, 0.15) is 17.6 Å². The number of benzene rings is 1. The smallest absolute Gasteiger partial charge is 0.253 e. The Hall–Kier alpha value is -3.80. The molecule has 6 rings (SSSR count). The van der Waals surface area contributed by atoms with Gasteiger partial charge in [-0.15, -0.1) is 16.4 Å². The van der Waals surface area contributed by atoms with E-state index < -0.39 is 6.04 Å². The van der Waals surface area contributed by atoms with Crippen molar-refractivity contribution in [2.45, 2.75) is 44.6 Å². The van der Waals surface area contributed by atoms with Gasteiger partial charge in [-0.3, -0.25) is 9.69 Å². The van der Waals surface area contributed by atoms with Gasteiger partial charge in [-0.05, 0) is 71.1 Å². The van der Waals surface area contributed by atoms with Gasteiger partial charge in [0.25, 0.3) is 5.56 Å². The third-order valence-corrected chi connectivity index (χ3v) is 7.68. The number of tetrazole rings is 1. The quantitative estimate of drug-likeness (QED) is 0.286. The molecule has 1 saturated heterocycles. The van der Waals surface area contributed by atoms with E-state index >= 15 is 0 Å². The van der Waals surface area contributed by atoms with E-state index in [1.807, 2.05) is 47.8 Å². The molecular weight excluding hydrogens is 504 g/mol. The summed E-state index contributed by atoms with van der Waals surface area (Å²) in [7, 11) is 1.63. The predicted octanol–water partition coefficient (Wildman–Crippen LogP) is 4.15. The minimum Gasteiger partial charge on any atom is -0.497 e. The number of methoxy groups -OCH3 is 1. The van der Waals surface area contributed by atoms with Crippen LogP contribution in [0.4, 0.5) is 0 Å². The fourth-order valence-electron chi connectivity index (χ4n) is 4.99. The monoisotopic (exact) mass is 532 g/mol. The normalized spacial score (nSPS) is 16.4. The number of thiophene rings is 1. The molecule has 38 heavy (non-hydrogen) atoms. The van der Waals surface area contributed by atoms with Gasteiger partial charge >= 0.3 is 0 Å². The number of H-pyrrole nitrogens is 1. The van der Waals surface area contributed by atoms with Crippen LogP contribution in [0.5, 0.6) is 5.75 Å². The van der Waals surface area contributed by atoms with Crippen LogP contribution in [0.15, 0.2) is 69.4 Å². The Morgan fingerprint density at radius 3 is 2.95 bits per heavy atom. The summed E-state index contributed by atoms with van der Waals surface area (Å²) in [5.41, 5.74) is 1.07. The Labute approximate surface area is 222 Å². The Morgan fingerprint density at radius 2 is 2.18 bits per heavy atom. The van der Waals surface area contributed by atoms with Crippen LogP contribution in [0.1, 0.15) is 40.9 Å². The van der Waals surface area contributed by atoms with Crippen molar-refractivity contribution in [1.82, 2.24) is 30.1 Å². The van der Waals surface area contributed by atoms with Gasteiger partial charge in [0, 0.05) is 34.5 Å². The zero-order valence-electron chi connectivity index (χ0n) is 20.9. The number of ether oxygens (including phenoxy) is 2. The Kier molecular flexibility index (Phi) is 7.04. The first-order valence-corrected chi connectivity index (χ1v) is 13.4. The number of rotatable bonds is 10. The molecular formula is C27H28N6O4S. The number of nitrogens with one attached hydrogen (secondary N) is 1. The molecule has 0 saturated carbocycles. The van der Waals surface area contributed by atoms with Crippen molar-refractivity contribution < 1.29 is 13.9 Å². The number of furan rings is 1. The highest BCUT2D eigenvalue weighted by molar-refractivity contribution is 7.09. The summed E-state index contributed by atoms with van der Waals surface area (Å²) in [6.45, 7) is 2.29. The standard InChI is InChI=1S/C27H28N6O4S/c1-35-19-8-9-24-18(13-19)14-23(27(34)28-24)25(26-29-30-31-33(26)16-21-6-3-11-37-21)32(15-20-5-2-10-36-20)17-22-7-4-12-38-22/h2,4-5,7-10,12-14,21,25H,3,6,11,15-17H2,1H3,(H,28,34). The van der Waals surface area contributed by atoms with Crippen molar-refractivity contribution in [3.8, 4) is 5.75 Å². The second kappa shape index (κ2) is 10.9. The van der Waals surface area contributed by atoms with E-state index in [0.717, 1.165) is 41.0 Å². The molecule has 0 aliphatic carbocycles. The van der Waals surface area contributed by atoms with Crippen molar-refractivity contribution in [2.24, 2.45) is 0 Å². The Balaban J connectivity index is 1.50. The van der Waals surface area contributed by atoms with E-state index in [1.165, 1.54) is 0 Å². The topological polar surface area (TPSA) is 111 Å². The van der Waals surface area contributed by atoms with Gasteiger partial charge in [0.05, 0.1) is 32.6 Å². The molecule has 2 unspecified atom stereocenters. The molecule has 11 heteroatoms. The van der Waals surface area contributed by atoms with Gasteiger partial charge in [-0.25, -0.2) is 4.68 Å². The lowest BCUT2D eigenvalue weighted by Crippen LogP contribution is -2.35. The minimum absolute atomic E-state index is 0.0351. The van der Waals surface area contributed by atoms with Crippen LogP contribution >= 0.6 is 11.3 Å². The first-order chi connectivity index (χ1) is 18.7. The highest BCUT2D eigenvalue weighted by Crippen LogP contribution is 2.32. The van der Waals surface area contributed by atoms with Crippen molar-refractivity contribution in [1.29, 1.82) is 0 Å². The average molecular weight is 533 g/mol. The van der Waals surface area contributed by atoms with Gasteiger partial charge in [0.2, 0.25) is 0 Å². The molecule has 5 aromatic rings. The fourth-order valence-corrected chi connectivity index (χ4v) is 5.72. The highest BCUT2D eigenvalue weighted by Gasteiger charge is 2.32. The van der Waals surface area contributed by atoms with Crippen LogP contribution in [0.3, 0.4) is 0 Å². The first kappa shape index (κ1) is 24.5. The van der Waals surface area contributed by atoms with E-state index in [1.54, 1.807) is 29.4 Å². The van der Waals surface area contributed by atoms with Crippen LogP contribution in [0.2, 0.25) is 0 Å². The van der Waals surface area contributed by atoms with Gasteiger partial charge in [-0.1, -0.05) is 6.07 Å². The van der Waals surface area contributed by atoms with Crippen molar-refractivity contribution in [3.05, 3.63) is 92.6 Å². The van der Waals surface area contributed by atoms with Gasteiger partial charge in [-0.2, -0.15) is 0 Å². The summed E-state index contributed by atoms with van der Waals surface area (Å²) in [6, 6.07) is 14.9. The molecule has 1 N–H and O–H groups in total. The third-order valence-electron chi connectivity index (χ3n) is 6.82. The molecule has 1 aliphatic heterocycles. The number of fused-ring (bicyclic) bond motifs is 1. The second-order valence-electron chi connectivity index (χ2n) is 9.33. The SMILES string of the molecule is COc1ccc2[nH]c(=O)c(C(c3nnnn3CC3CCCO3)N(Cc3ccco3)Cc3cccs3)cc2c1. The number of aromatic amines is 1. The molecule has 0 bridgehead atoms. The number of hydrogen-bond donors (Lipinski definition) is 1. The van der Waals surface area contributed by atoms with Crippen LogP contribution in [0.25, 0.3) is 10.9 Å². The van der Waals surface area contributed by atoms with E-state index in [-0.39, 0.29) is 11.7 Å². The second-order valence-corrected chi connectivity index (χ2v) is 10.4. The van der Waals surface area contributed by atoms with E-state index in [4.69, 9.17) is 13.9 Å². The van der Waals surface area contributed by atoms with E-state index in [0.29, 0.717) is 36.8 Å². The fraction of sp³-hybridized carbons (Fsp3) is 0.333. The van der Waals surface area contributed by atoms with Crippen LogP contribution in [-0.2, 0) is 24.4 Å². The number of nitrogens with zero attached hydrogens (tertiary/aromatic N) is 5. The van der Waals surface area contributed by atoms with Gasteiger partial charge < -0.3 is 18.9 Å². The van der Waals surface area contributed by atoms with Crippen molar-refractivity contribution >= 4 is 22.2 Å². The third kappa shape index (κ3) is 5.13. The molecule has 2 atom stereocenters. The van der Waals surface area contributed by atoms with E-state index in [2.05, 4.69) is 31.5 Å². The zero-order valence-corrected chi connectivity index (χ0v) is 21.8. The van der Waals surface area contributed by atoms with Crippen LogP contribution in [0, 0.1) is 0 Å². The lowest BCUT2D eigenvalue weighted by molar-refractivity contribution is 0.0901. The van der Waals surface area contributed by atoms with E-state index in [9.17, 15) is 4.79 Å². The summed E-state index contributed by atoms with van der Waals surface area (Å²) < 4.78 is 18.8. The van der Waals surface area contributed by atoms with Crippen molar-refractivity contribution in [2.75, 3.05) is 13.7 Å². The molecule has 10 nitrogen and oxygen atoms in total. The molecule has 1 aromatic carbocycles. The largest absolute Gasteiger partial charge is 0.497 e. The molecule has 1 aliphatic rings. The first-order valence-electron chi connectivity index (χ1n) is 12.6. The molecule has 4 aromatic heterocycles. The number of hydrogen-bond acceptors (Lipinski definition) is 9. The lowest BCUT2D eigenvalue weighted by atomic mass is 10.0. The lowest BCUT2D eigenvalue weighted by Gasteiger charge is -2.30. The Morgan fingerprint density at radius 1 is 1.24 bits per heavy atom. The summed E-state index contributed by atoms with van der Waals surface area (Å²) in [5.74, 6) is 2.07. The molecule has 0 spiro atoms. The molecule has 0 amide bonds. The molecule has 196 valence electrons. The number of aromatic nitrogens is 5. The molecule has 1 fully saturated rings. The van der Waals surface area contributed by atoms with Gasteiger partial charge in [0.15, 0.2) is 5.82 Å². The van der Waals surface area contributed by atoms with Crippen LogP contribution in [-0.4, -0.2) is 49.9 Å².